The highest BCUT2D eigenvalue weighted by atomic mass is 16.5. The van der Waals surface area contributed by atoms with Gasteiger partial charge in [-0.2, -0.15) is 0 Å². The Hall–Kier alpha value is -3.93. The summed E-state index contributed by atoms with van der Waals surface area (Å²) >= 11 is 0. The number of methoxy groups -OCH3 is 1. The second-order valence-corrected chi connectivity index (χ2v) is 9.02. The van der Waals surface area contributed by atoms with Crippen molar-refractivity contribution in [1.82, 2.24) is 0 Å². The summed E-state index contributed by atoms with van der Waals surface area (Å²) in [4.78, 5) is 13.7. The molecule has 6 heteroatoms. The summed E-state index contributed by atoms with van der Waals surface area (Å²) in [6, 6.07) is 20.9. The molecule has 0 aromatic heterocycles. The highest BCUT2D eigenvalue weighted by Gasteiger charge is 2.36. The van der Waals surface area contributed by atoms with E-state index in [1.54, 1.807) is 12.1 Å². The predicted octanol–water partition coefficient (Wildman–Crippen LogP) is 6.17. The average molecular weight is 471 g/mol. The van der Waals surface area contributed by atoms with Crippen molar-refractivity contribution in [3.05, 3.63) is 89.1 Å². The van der Waals surface area contributed by atoms with Crippen molar-refractivity contribution in [2.45, 2.75) is 38.1 Å². The standard InChI is InChI=1S/C29H30N2O4/c1-3-14-35-21-11-8-18(9-12-21)20-15-24-28(26(33)17-20)29(19-10-13-27(34-2)25(32)16-19)31-23-7-5-4-6-22(23)30-24/h4-13,16,20,29-32H,3,14-15,17H2,1-2H3. The molecule has 0 saturated heterocycles. The van der Waals surface area contributed by atoms with E-state index in [0.29, 0.717) is 30.8 Å². The van der Waals surface area contributed by atoms with E-state index >= 15 is 0 Å². The summed E-state index contributed by atoms with van der Waals surface area (Å²) in [5.74, 6) is 1.46. The van der Waals surface area contributed by atoms with E-state index in [-0.39, 0.29) is 17.5 Å². The molecule has 2 aliphatic rings. The third kappa shape index (κ3) is 4.56. The Morgan fingerprint density at radius 1 is 0.971 bits per heavy atom. The van der Waals surface area contributed by atoms with Gasteiger partial charge in [-0.1, -0.05) is 37.3 Å². The molecule has 1 aliphatic heterocycles. The van der Waals surface area contributed by atoms with E-state index < -0.39 is 6.04 Å². The summed E-state index contributed by atoms with van der Waals surface area (Å²) < 4.78 is 10.9. The van der Waals surface area contributed by atoms with Gasteiger partial charge in [0.1, 0.15) is 5.75 Å². The van der Waals surface area contributed by atoms with Crippen molar-refractivity contribution in [3.63, 3.8) is 0 Å². The van der Waals surface area contributed by atoms with Gasteiger partial charge in [-0.15, -0.1) is 0 Å². The van der Waals surface area contributed by atoms with Gasteiger partial charge in [-0.25, -0.2) is 0 Å². The van der Waals surface area contributed by atoms with Crippen LogP contribution in [0.5, 0.6) is 17.2 Å². The Balaban J connectivity index is 1.52. The Bertz CT molecular complexity index is 1270. The Labute approximate surface area is 205 Å². The number of phenols is 1. The molecule has 0 spiro atoms. The van der Waals surface area contributed by atoms with Crippen LogP contribution in [0.25, 0.3) is 0 Å². The number of rotatable bonds is 6. The molecule has 1 aliphatic carbocycles. The Morgan fingerprint density at radius 3 is 2.43 bits per heavy atom. The van der Waals surface area contributed by atoms with E-state index in [0.717, 1.165) is 40.4 Å². The van der Waals surface area contributed by atoms with E-state index in [9.17, 15) is 9.90 Å². The number of allylic oxidation sites excluding steroid dienone is 1. The van der Waals surface area contributed by atoms with Gasteiger partial charge in [-0.05, 0) is 66.3 Å². The largest absolute Gasteiger partial charge is 0.504 e. The zero-order valence-corrected chi connectivity index (χ0v) is 20.0. The summed E-state index contributed by atoms with van der Waals surface area (Å²) in [7, 11) is 1.52. The second kappa shape index (κ2) is 9.74. The molecule has 35 heavy (non-hydrogen) atoms. The lowest BCUT2D eigenvalue weighted by Crippen LogP contribution is -2.26. The number of hydrogen-bond donors (Lipinski definition) is 3. The summed E-state index contributed by atoms with van der Waals surface area (Å²) in [6.45, 7) is 2.77. The van der Waals surface area contributed by atoms with E-state index in [2.05, 4.69) is 29.7 Å². The van der Waals surface area contributed by atoms with Crippen LogP contribution in [0.15, 0.2) is 78.0 Å². The van der Waals surface area contributed by atoms with Gasteiger partial charge in [0.25, 0.3) is 0 Å². The van der Waals surface area contributed by atoms with Crippen LogP contribution in [0.3, 0.4) is 0 Å². The molecule has 3 aromatic carbocycles. The quantitative estimate of drug-likeness (QED) is 0.400. The fourth-order valence-electron chi connectivity index (χ4n) is 4.92. The fraction of sp³-hybridized carbons (Fsp3) is 0.276. The number of ether oxygens (including phenoxy) is 2. The van der Waals surface area contributed by atoms with E-state index in [4.69, 9.17) is 9.47 Å². The lowest BCUT2D eigenvalue weighted by atomic mass is 9.78. The van der Waals surface area contributed by atoms with Gasteiger partial charge in [0.05, 0.1) is 31.1 Å². The first-order valence-electron chi connectivity index (χ1n) is 12.1. The van der Waals surface area contributed by atoms with Gasteiger partial charge in [-0.3, -0.25) is 4.79 Å². The van der Waals surface area contributed by atoms with Crippen LogP contribution in [0, 0.1) is 0 Å². The number of Topliss-reactive ketones (excluding diaryl/α,β-unsaturated/α-hetero) is 1. The predicted molar refractivity (Wildman–Crippen MR) is 137 cm³/mol. The summed E-state index contributed by atoms with van der Waals surface area (Å²) in [5.41, 5.74) is 5.39. The Morgan fingerprint density at radius 2 is 1.71 bits per heavy atom. The number of phenolic OH excluding ortho intramolecular Hbond substituents is 1. The van der Waals surface area contributed by atoms with Crippen LogP contribution in [-0.4, -0.2) is 24.6 Å². The average Bonchev–Trinajstić information content (AvgIpc) is 3.04. The van der Waals surface area contributed by atoms with Crippen LogP contribution in [0.4, 0.5) is 11.4 Å². The zero-order chi connectivity index (χ0) is 24.4. The second-order valence-electron chi connectivity index (χ2n) is 9.02. The molecule has 5 rings (SSSR count). The number of carbonyl (C=O) groups excluding carboxylic acids is 1. The monoisotopic (exact) mass is 470 g/mol. The minimum Gasteiger partial charge on any atom is -0.504 e. The summed E-state index contributed by atoms with van der Waals surface area (Å²) in [6.07, 6.45) is 2.10. The third-order valence-electron chi connectivity index (χ3n) is 6.67. The molecule has 0 fully saturated rings. The van der Waals surface area contributed by atoms with Crippen molar-refractivity contribution in [1.29, 1.82) is 0 Å². The topological polar surface area (TPSA) is 79.8 Å². The number of benzene rings is 3. The molecule has 0 radical (unpaired) electrons. The molecule has 0 saturated carbocycles. The molecule has 1 heterocycles. The molecule has 3 N–H and O–H groups in total. The third-order valence-corrected chi connectivity index (χ3v) is 6.67. The van der Waals surface area contributed by atoms with Crippen LogP contribution >= 0.6 is 0 Å². The van der Waals surface area contributed by atoms with Crippen LogP contribution in [0.2, 0.25) is 0 Å². The number of ketones is 1. The smallest absolute Gasteiger partial charge is 0.163 e. The Kier molecular flexibility index (Phi) is 6.36. The maximum absolute atomic E-state index is 13.7. The SMILES string of the molecule is CCCOc1ccc(C2CC(=O)C3=C(C2)Nc2ccccc2NC3c2ccc(OC)c(O)c2)cc1. The van der Waals surface area contributed by atoms with Gasteiger partial charge >= 0.3 is 0 Å². The molecule has 2 unspecified atom stereocenters. The first-order valence-corrected chi connectivity index (χ1v) is 12.1. The molecule has 2 atom stereocenters. The van der Waals surface area contributed by atoms with Crippen LogP contribution in [0.1, 0.15) is 49.3 Å². The van der Waals surface area contributed by atoms with E-state index in [1.807, 2.05) is 42.5 Å². The van der Waals surface area contributed by atoms with Crippen molar-refractivity contribution >= 4 is 17.2 Å². The number of anilines is 2. The van der Waals surface area contributed by atoms with Crippen LogP contribution < -0.4 is 20.1 Å². The zero-order valence-electron chi connectivity index (χ0n) is 20.0. The first kappa shape index (κ1) is 22.8. The minimum atomic E-state index is -0.392. The number of aromatic hydroxyl groups is 1. The van der Waals surface area contributed by atoms with Crippen molar-refractivity contribution < 1.29 is 19.4 Å². The van der Waals surface area contributed by atoms with Gasteiger partial charge < -0.3 is 25.2 Å². The number of fused-ring (bicyclic) bond motifs is 1. The molecular formula is C29H30N2O4. The maximum atomic E-state index is 13.7. The molecular weight excluding hydrogens is 440 g/mol. The highest BCUT2D eigenvalue weighted by Crippen LogP contribution is 2.45. The summed E-state index contributed by atoms with van der Waals surface area (Å²) in [5, 5.41) is 17.5. The number of carbonyl (C=O) groups is 1. The number of hydrogen-bond acceptors (Lipinski definition) is 6. The molecule has 0 amide bonds. The minimum absolute atomic E-state index is 0.0472. The van der Waals surface area contributed by atoms with Crippen molar-refractivity contribution in [2.24, 2.45) is 0 Å². The highest BCUT2D eigenvalue weighted by molar-refractivity contribution is 6.01. The lowest BCUT2D eigenvalue weighted by molar-refractivity contribution is -0.116. The maximum Gasteiger partial charge on any atom is 0.163 e. The first-order chi connectivity index (χ1) is 17.1. The fourth-order valence-corrected chi connectivity index (χ4v) is 4.92. The molecule has 6 nitrogen and oxygen atoms in total. The molecule has 3 aromatic rings. The number of para-hydroxylation sites is 2. The molecule has 180 valence electrons. The van der Waals surface area contributed by atoms with Gasteiger partial charge in [0.15, 0.2) is 17.3 Å². The molecule has 0 bridgehead atoms. The van der Waals surface area contributed by atoms with Crippen LogP contribution in [-0.2, 0) is 4.79 Å². The van der Waals surface area contributed by atoms with Gasteiger partial charge in [0, 0.05) is 17.7 Å². The van der Waals surface area contributed by atoms with Crippen molar-refractivity contribution in [3.8, 4) is 17.2 Å². The number of nitrogens with one attached hydrogen (secondary N) is 2. The van der Waals surface area contributed by atoms with E-state index in [1.165, 1.54) is 7.11 Å². The lowest BCUT2D eigenvalue weighted by Gasteiger charge is -2.30. The normalized spacial score (nSPS) is 19.1. The van der Waals surface area contributed by atoms with Gasteiger partial charge in [0.2, 0.25) is 0 Å². The van der Waals surface area contributed by atoms with Crippen molar-refractivity contribution in [2.75, 3.05) is 24.4 Å².